The predicted molar refractivity (Wildman–Crippen MR) is 209 cm³/mol. The molecular formula is C43H50F2N6O5. The summed E-state index contributed by atoms with van der Waals surface area (Å²) in [7, 11) is 3.91. The van der Waals surface area contributed by atoms with Crippen molar-refractivity contribution in [2.45, 2.75) is 100 Å². The van der Waals surface area contributed by atoms with Gasteiger partial charge in [-0.05, 0) is 81.9 Å². The molecular weight excluding hydrogens is 719 g/mol. The molecule has 2 fully saturated rings. The first kappa shape index (κ1) is 40.2. The number of benzene rings is 3. The number of carbonyl (C=O) groups excluding carboxylic acids is 5. The second-order valence-electron chi connectivity index (χ2n) is 15.4. The Morgan fingerprint density at radius 3 is 2.20 bits per heavy atom. The second-order valence-corrected chi connectivity index (χ2v) is 15.4. The Balaban J connectivity index is 1.23. The number of primary amides is 1. The summed E-state index contributed by atoms with van der Waals surface area (Å²) >= 11 is 0. The van der Waals surface area contributed by atoms with Crippen molar-refractivity contribution >= 4 is 40.3 Å². The minimum absolute atomic E-state index is 0.00355. The number of nitrogens with one attached hydrogen (secondary N) is 3. The number of halogens is 2. The molecule has 5 N–H and O–H groups in total. The van der Waals surface area contributed by atoms with Crippen LogP contribution in [0.1, 0.15) is 91.4 Å². The van der Waals surface area contributed by atoms with Crippen molar-refractivity contribution in [3.8, 4) is 0 Å². The highest BCUT2D eigenvalue weighted by Gasteiger charge is 2.46. The summed E-state index contributed by atoms with van der Waals surface area (Å²) in [5, 5.41) is 6.21. The van der Waals surface area contributed by atoms with Gasteiger partial charge in [0.05, 0.1) is 6.04 Å². The van der Waals surface area contributed by atoms with E-state index in [2.05, 4.69) is 20.5 Å². The number of amides is 4. The molecule has 2 saturated heterocycles. The molecule has 0 aliphatic carbocycles. The van der Waals surface area contributed by atoms with Gasteiger partial charge in [0.2, 0.25) is 17.7 Å². The summed E-state index contributed by atoms with van der Waals surface area (Å²) in [6, 6.07) is 21.6. The van der Waals surface area contributed by atoms with Crippen LogP contribution in [0.4, 0.5) is 8.78 Å². The van der Waals surface area contributed by atoms with Gasteiger partial charge in [0.25, 0.3) is 11.8 Å². The number of aromatic nitrogens is 1. The van der Waals surface area contributed by atoms with Crippen molar-refractivity contribution in [1.82, 2.24) is 25.4 Å². The van der Waals surface area contributed by atoms with E-state index in [0.29, 0.717) is 43.0 Å². The number of nitrogens with two attached hydrogens (primary N) is 1. The maximum atomic E-state index is 14.5. The van der Waals surface area contributed by atoms with Gasteiger partial charge < -0.3 is 31.2 Å². The number of H-pyrrole nitrogens is 1. The van der Waals surface area contributed by atoms with E-state index in [9.17, 15) is 32.8 Å². The van der Waals surface area contributed by atoms with Gasteiger partial charge in [0.1, 0.15) is 17.8 Å². The van der Waals surface area contributed by atoms with Crippen LogP contribution in [0.25, 0.3) is 10.9 Å². The lowest BCUT2D eigenvalue weighted by Crippen LogP contribution is -2.59. The van der Waals surface area contributed by atoms with Crippen LogP contribution in [-0.2, 0) is 25.1 Å². The molecule has 0 bridgehead atoms. The zero-order valence-electron chi connectivity index (χ0n) is 32.0. The quantitative estimate of drug-likeness (QED) is 0.135. The van der Waals surface area contributed by atoms with Crippen LogP contribution >= 0.6 is 0 Å². The zero-order chi connectivity index (χ0) is 40.1. The van der Waals surface area contributed by atoms with E-state index in [1.54, 1.807) is 4.90 Å². The normalized spacial score (nSPS) is 20.7. The highest BCUT2D eigenvalue weighted by atomic mass is 19.3. The Hall–Kier alpha value is -5.43. The highest BCUT2D eigenvalue weighted by Crippen LogP contribution is 2.34. The fourth-order valence-electron chi connectivity index (χ4n) is 8.18. The molecule has 0 spiro atoms. The molecule has 56 heavy (non-hydrogen) atoms. The Morgan fingerprint density at radius 2 is 1.59 bits per heavy atom. The lowest BCUT2D eigenvalue weighted by atomic mass is 9.85. The lowest BCUT2D eigenvalue weighted by Gasteiger charge is -2.39. The first-order valence-corrected chi connectivity index (χ1v) is 19.2. The van der Waals surface area contributed by atoms with E-state index in [-0.39, 0.29) is 54.3 Å². The minimum atomic E-state index is -3.06. The molecule has 3 aromatic carbocycles. The molecule has 13 heteroatoms. The van der Waals surface area contributed by atoms with E-state index < -0.39 is 47.7 Å². The van der Waals surface area contributed by atoms with E-state index >= 15 is 0 Å². The van der Waals surface area contributed by atoms with E-state index in [4.69, 9.17) is 5.73 Å². The van der Waals surface area contributed by atoms with Gasteiger partial charge in [-0.3, -0.25) is 24.0 Å². The van der Waals surface area contributed by atoms with Gasteiger partial charge in [-0.2, -0.15) is 0 Å². The highest BCUT2D eigenvalue weighted by molar-refractivity contribution is 6.01. The molecule has 296 valence electrons. The zero-order valence-corrected chi connectivity index (χ0v) is 32.0. The number of nitrogens with zero attached hydrogens (tertiary/aromatic N) is 2. The monoisotopic (exact) mass is 768 g/mol. The summed E-state index contributed by atoms with van der Waals surface area (Å²) < 4.78 is 28.0. The molecule has 4 amide bonds. The third kappa shape index (κ3) is 9.32. The molecule has 11 nitrogen and oxygen atoms in total. The predicted octanol–water partition coefficient (Wildman–Crippen LogP) is 5.39. The number of alkyl halides is 2. The van der Waals surface area contributed by atoms with Crippen LogP contribution in [0.5, 0.6) is 0 Å². The van der Waals surface area contributed by atoms with Crippen LogP contribution in [0.2, 0.25) is 0 Å². The van der Waals surface area contributed by atoms with Crippen LogP contribution < -0.4 is 16.4 Å². The number of carbonyl (C=O) groups is 5. The van der Waals surface area contributed by atoms with E-state index in [0.717, 1.165) is 18.1 Å². The fourth-order valence-corrected chi connectivity index (χ4v) is 8.18. The first-order chi connectivity index (χ1) is 26.7. The Bertz CT molecular complexity index is 2010. The Labute approximate surface area is 325 Å². The number of rotatable bonds is 14. The van der Waals surface area contributed by atoms with Crippen LogP contribution in [0.15, 0.2) is 84.9 Å². The SMILES string of the molecule is CN(C)[C@@H]1CC[C@H](NC(=O)c2cc3cc(C(C)(F)F)ccc3[nH]2)C(=O)N2[C@H](CC[C@H]2C(=O)N[C@@H](CCC(N)=O)C(=O)CC(c2ccccc2)c2ccccc2)C1. The number of Topliss-reactive ketones (excluding diaryl/α,β-unsaturated/α-hetero) is 1. The van der Waals surface area contributed by atoms with Crippen molar-refractivity contribution in [2.24, 2.45) is 5.73 Å². The van der Waals surface area contributed by atoms with Crippen LogP contribution in [0, 0.1) is 0 Å². The summed E-state index contributed by atoms with van der Waals surface area (Å²) in [4.78, 5) is 75.0. The number of fused-ring (bicyclic) bond motifs is 2. The molecule has 2 aliphatic rings. The van der Waals surface area contributed by atoms with Gasteiger partial charge in [-0.1, -0.05) is 66.7 Å². The van der Waals surface area contributed by atoms with Crippen molar-refractivity contribution in [3.05, 3.63) is 107 Å². The largest absolute Gasteiger partial charge is 0.370 e. The van der Waals surface area contributed by atoms with Crippen molar-refractivity contribution in [2.75, 3.05) is 14.1 Å². The van der Waals surface area contributed by atoms with E-state index in [1.165, 1.54) is 24.3 Å². The summed E-state index contributed by atoms with van der Waals surface area (Å²) in [5.74, 6) is -5.72. The summed E-state index contributed by atoms with van der Waals surface area (Å²) in [6.45, 7) is 0.807. The summed E-state index contributed by atoms with van der Waals surface area (Å²) in [5.41, 5.74) is 7.80. The van der Waals surface area contributed by atoms with Crippen molar-refractivity contribution in [3.63, 3.8) is 0 Å². The smallest absolute Gasteiger partial charge is 0.270 e. The third-order valence-electron chi connectivity index (χ3n) is 11.3. The Kier molecular flexibility index (Phi) is 12.3. The van der Waals surface area contributed by atoms with Gasteiger partial charge in [0, 0.05) is 54.2 Å². The number of hydrogen-bond donors (Lipinski definition) is 4. The first-order valence-electron chi connectivity index (χ1n) is 19.2. The van der Waals surface area contributed by atoms with Crippen LogP contribution in [0.3, 0.4) is 0 Å². The Morgan fingerprint density at radius 1 is 0.929 bits per heavy atom. The lowest BCUT2D eigenvalue weighted by molar-refractivity contribution is -0.143. The molecule has 4 aromatic rings. The average molecular weight is 769 g/mol. The molecule has 0 radical (unpaired) electrons. The van der Waals surface area contributed by atoms with Crippen molar-refractivity contribution in [1.29, 1.82) is 0 Å². The number of hydrogen-bond acceptors (Lipinski definition) is 6. The topological polar surface area (TPSA) is 158 Å². The van der Waals surface area contributed by atoms with Crippen LogP contribution in [-0.4, -0.2) is 88.5 Å². The molecule has 5 atom stereocenters. The molecule has 3 heterocycles. The number of ketones is 1. The van der Waals surface area contributed by atoms with Crippen molar-refractivity contribution < 1.29 is 32.8 Å². The molecule has 2 aliphatic heterocycles. The maximum Gasteiger partial charge on any atom is 0.270 e. The van der Waals surface area contributed by atoms with Gasteiger partial charge in [0.15, 0.2) is 5.78 Å². The number of aromatic amines is 1. The summed E-state index contributed by atoms with van der Waals surface area (Å²) in [6.07, 6.45) is 2.37. The maximum absolute atomic E-state index is 14.5. The molecule has 6 rings (SSSR count). The second kappa shape index (κ2) is 17.2. The molecule has 0 unspecified atom stereocenters. The molecule has 0 saturated carbocycles. The van der Waals surface area contributed by atoms with Gasteiger partial charge in [-0.25, -0.2) is 8.78 Å². The van der Waals surface area contributed by atoms with E-state index in [1.807, 2.05) is 74.8 Å². The fraction of sp³-hybridized carbons (Fsp3) is 0.419. The van der Waals surface area contributed by atoms with Gasteiger partial charge >= 0.3 is 0 Å². The average Bonchev–Trinajstić information content (AvgIpc) is 3.80. The third-order valence-corrected chi connectivity index (χ3v) is 11.3. The molecule has 1 aromatic heterocycles. The standard InChI is InChI=1S/C43H50F2N6O5/c1-43(44,45)29-14-17-33-28(22-29)23-36(47-33)40(54)49-35-18-15-30(50(2)3)24-31-16-20-37(51(31)42(35)56)41(55)48-34(19-21-39(46)53)38(52)25-32(26-10-6-4-7-11-26)27-12-8-5-9-13-27/h4-14,17,22-23,30-32,34-35,37,47H,15-16,18-21,24-25H2,1-3H3,(H2,46,53)(H,48,55)(H,49,54)/t30-,31-,34+,35+,37+/m1/s1. The minimum Gasteiger partial charge on any atom is -0.370 e. The van der Waals surface area contributed by atoms with Gasteiger partial charge in [-0.15, -0.1) is 0 Å².